The summed E-state index contributed by atoms with van der Waals surface area (Å²) in [7, 11) is -4.67. The Morgan fingerprint density at radius 2 is 1.55 bits per heavy atom. The number of nitrogens with zero attached hydrogens (tertiary/aromatic N) is 3. The molecular formula is C72H84N5O20P. The van der Waals surface area contributed by atoms with Gasteiger partial charge in [0.2, 0.25) is 16.8 Å². The molecule has 0 saturated carbocycles. The van der Waals surface area contributed by atoms with E-state index in [2.05, 4.69) is 34.3 Å². The van der Waals surface area contributed by atoms with Gasteiger partial charge >= 0.3 is 31.3 Å². The first-order valence-electron chi connectivity index (χ1n) is 32.5. The van der Waals surface area contributed by atoms with Gasteiger partial charge in [-0.25, -0.2) is 9.78 Å². The van der Waals surface area contributed by atoms with Gasteiger partial charge in [0.05, 0.1) is 35.0 Å². The number of esters is 3. The summed E-state index contributed by atoms with van der Waals surface area (Å²) in [6, 6.07) is 15.3. The molecule has 1 fully saturated rings. The molecule has 5 aromatic carbocycles. The Morgan fingerprint density at radius 3 is 2.21 bits per heavy atom. The molecule has 1 unspecified atom stereocenters. The first-order valence-corrected chi connectivity index (χ1v) is 34.2. The molecule has 1 saturated heterocycles. The van der Waals surface area contributed by atoms with E-state index in [-0.39, 0.29) is 91.8 Å². The molecule has 10 atom stereocenters. The molecule has 4 aliphatic rings. The number of amides is 2. The van der Waals surface area contributed by atoms with Crippen molar-refractivity contribution in [3.63, 3.8) is 0 Å². The highest BCUT2D eigenvalue weighted by atomic mass is 31.2. The van der Waals surface area contributed by atoms with Gasteiger partial charge < -0.3 is 73.5 Å². The van der Waals surface area contributed by atoms with Gasteiger partial charge in [0, 0.05) is 116 Å². The number of aliphatic hydroxyl groups excluding tert-OH is 2. The van der Waals surface area contributed by atoms with Crippen molar-refractivity contribution in [1.82, 2.24) is 9.88 Å². The van der Waals surface area contributed by atoms with Crippen LogP contribution in [0.15, 0.2) is 111 Å². The molecule has 522 valence electrons. The Kier molecular flexibility index (Phi) is 22.5. The van der Waals surface area contributed by atoms with E-state index in [1.54, 1.807) is 64.1 Å². The minimum Gasteiger partial charge on any atom is -0.507 e. The number of nitrogens with one attached hydrogen (secondary N) is 2. The van der Waals surface area contributed by atoms with E-state index in [0.717, 1.165) is 19.6 Å². The van der Waals surface area contributed by atoms with Gasteiger partial charge in [0.1, 0.15) is 53.5 Å². The van der Waals surface area contributed by atoms with E-state index in [9.17, 15) is 63.2 Å². The molecule has 5 bridgehead atoms. The van der Waals surface area contributed by atoms with Crippen LogP contribution in [0.5, 0.6) is 11.5 Å². The molecule has 5 heterocycles. The molecule has 26 heteroatoms. The predicted octanol–water partition coefficient (Wildman–Crippen LogP) is 8.57. The molecule has 0 radical (unpaired) electrons. The molecule has 0 aliphatic carbocycles. The van der Waals surface area contributed by atoms with E-state index < -0.39 is 131 Å². The lowest BCUT2D eigenvalue weighted by atomic mass is 9.77. The second-order valence-corrected chi connectivity index (χ2v) is 28.2. The van der Waals surface area contributed by atoms with Crippen molar-refractivity contribution >= 4 is 99.4 Å². The summed E-state index contributed by atoms with van der Waals surface area (Å²) in [6.45, 7) is 21.8. The minimum absolute atomic E-state index is 0.000185. The molecule has 7 N–H and O–H groups in total. The van der Waals surface area contributed by atoms with Gasteiger partial charge in [0.25, 0.3) is 5.91 Å². The van der Waals surface area contributed by atoms with Crippen LogP contribution in [0.4, 0.5) is 17.1 Å². The van der Waals surface area contributed by atoms with Crippen molar-refractivity contribution in [2.24, 2.45) is 35.5 Å². The summed E-state index contributed by atoms with van der Waals surface area (Å²) in [6.07, 6.45) is 3.34. The third kappa shape index (κ3) is 16.0. The number of rotatable bonds is 16. The van der Waals surface area contributed by atoms with Crippen LogP contribution in [0, 0.1) is 42.4 Å². The van der Waals surface area contributed by atoms with Gasteiger partial charge in [-0.05, 0) is 67.9 Å². The molecule has 25 nitrogen and oxygen atoms in total. The first kappa shape index (κ1) is 73.0. The number of piperazine rings is 1. The number of hydrogen-bond donors (Lipinski definition) is 7. The lowest BCUT2D eigenvalue weighted by Gasteiger charge is -2.38. The van der Waals surface area contributed by atoms with Crippen molar-refractivity contribution in [2.75, 3.05) is 48.3 Å². The SMILES string of the molecule is CC(=O)O[C@H]1[C@H](C)[C@H](O)[C@H](C)[C@@H](OC(=O)c2ccccc2COC(=O)CCC(=O)Nc2ccc(CC(C=O)P(=O)(O)O)cc2)[C@@H](C)/C=C/C=C(/C)C(=O)Nc2c(=O)c3c(O)c(C)c4c(c3c3nc5c(=O)cc(N6CCN(CC(C)C)CC6)cc5oc23)=C(O)[C@@](C)(O/C=C/[C@H](C)[C@H]1C)O4. The van der Waals surface area contributed by atoms with E-state index in [1.807, 2.05) is 6.92 Å². The number of aromatic hydroxyl groups is 1. The Balaban J connectivity index is 1.04. The average molecular weight is 1370 g/mol. The topological polar surface area (TPSA) is 358 Å². The number of fused-ring (bicyclic) bond motifs is 14. The number of aliphatic hydroxyl groups is 2. The third-order valence-corrected chi connectivity index (χ3v) is 19.8. The zero-order valence-corrected chi connectivity index (χ0v) is 57.4. The van der Waals surface area contributed by atoms with Crippen LogP contribution in [-0.4, -0.2) is 133 Å². The summed E-state index contributed by atoms with van der Waals surface area (Å²) in [5.41, 5.74) is -2.45. The molecule has 98 heavy (non-hydrogen) atoms. The highest BCUT2D eigenvalue weighted by molar-refractivity contribution is 7.53. The van der Waals surface area contributed by atoms with E-state index in [4.69, 9.17) is 33.1 Å². The fraction of sp³-hybridized carbons (Fsp3) is 0.431. The third-order valence-electron chi connectivity index (χ3n) is 18.6. The summed E-state index contributed by atoms with van der Waals surface area (Å²) in [5.74, 6) is -10.0. The van der Waals surface area contributed by atoms with Crippen LogP contribution >= 0.6 is 7.60 Å². The predicted molar refractivity (Wildman–Crippen MR) is 366 cm³/mol. The molecule has 2 amide bonds. The fourth-order valence-electron chi connectivity index (χ4n) is 12.7. The van der Waals surface area contributed by atoms with Crippen molar-refractivity contribution in [2.45, 2.75) is 132 Å². The van der Waals surface area contributed by atoms with Crippen LogP contribution in [0.3, 0.4) is 0 Å². The zero-order valence-electron chi connectivity index (χ0n) is 56.5. The maximum absolute atomic E-state index is 15.2. The molecular weight excluding hydrogens is 1290 g/mol. The molecule has 0 spiro atoms. The van der Waals surface area contributed by atoms with E-state index in [0.29, 0.717) is 35.9 Å². The molecule has 4 aliphatic heterocycles. The molecule has 10 rings (SSSR count). The van der Waals surface area contributed by atoms with Gasteiger partial charge in [-0.15, -0.1) is 0 Å². The Morgan fingerprint density at radius 1 is 0.867 bits per heavy atom. The maximum Gasteiger partial charge on any atom is 0.338 e. The summed E-state index contributed by atoms with van der Waals surface area (Å²) in [5, 5.41) is 41.6. The number of carbonyl (C=O) groups is 6. The van der Waals surface area contributed by atoms with Crippen LogP contribution in [0.25, 0.3) is 38.7 Å². The van der Waals surface area contributed by atoms with Gasteiger partial charge in [-0.1, -0.05) is 97.0 Å². The standard InChI is InChI=1S/C72H84N5O20P/c1-37(2)34-76-26-28-77(29-27-76)49-32-52(80)59-53(33-49)95-68-60(74-59)56-57-63(84)44(9)67-58(56)69(86)72(11,97-67)93-30-25-38(3)41(6)66(94-45(10)79)43(8)62(83)42(7)65(39(4)15-14-16-40(5)70(87)75-61(68)64(57)85)96-71(88)51-18-13-12-17-47(51)36-92-55(82)24-23-54(81)73-48-21-19-46(20-22-48)31-50(35-78)98(89,90)91/h12-22,25,30,32-33,35,37-39,41-43,50,62,65-66,83-84,86H,23-24,26-29,31,34,36H2,1-11H3,(H,73,81)(H,75,87)(H2,89,90,91)/b15-14+,30-25+,40-16-/t38-,39-,41+,42-,43+,50?,62+,65-,66+,72-/m0/s1. The number of anilines is 3. The Hall–Kier alpha value is -9.26. The van der Waals surface area contributed by atoms with Crippen LogP contribution in [-0.2, 0) is 60.5 Å². The summed E-state index contributed by atoms with van der Waals surface area (Å²) in [4.78, 5) is 137. The normalized spacial score (nSPS) is 24.3. The van der Waals surface area contributed by atoms with E-state index in [1.165, 1.54) is 82.5 Å². The number of aldehydes is 1. The first-order chi connectivity index (χ1) is 46.3. The second-order valence-electron chi connectivity index (χ2n) is 26.3. The fourth-order valence-corrected chi connectivity index (χ4v) is 13.4. The average Bonchev–Trinajstić information content (AvgIpc) is 1.45. The van der Waals surface area contributed by atoms with Crippen LogP contribution in [0.2, 0.25) is 0 Å². The van der Waals surface area contributed by atoms with Crippen molar-refractivity contribution in [1.29, 1.82) is 0 Å². The largest absolute Gasteiger partial charge is 0.507 e. The number of aromatic nitrogens is 1. The highest BCUT2D eigenvalue weighted by Gasteiger charge is 2.45. The number of carbonyl (C=O) groups excluding carboxylic acids is 6. The number of benzene rings is 5. The minimum atomic E-state index is -4.67. The quantitative estimate of drug-likeness (QED) is 0.0119. The van der Waals surface area contributed by atoms with Crippen molar-refractivity contribution in [3.05, 3.63) is 145 Å². The summed E-state index contributed by atoms with van der Waals surface area (Å²) >= 11 is 0. The van der Waals surface area contributed by atoms with Gasteiger partial charge in [0.15, 0.2) is 22.4 Å². The Bertz CT molecular complexity index is 4420. The van der Waals surface area contributed by atoms with Gasteiger partial charge in [-0.2, -0.15) is 0 Å². The lowest BCUT2D eigenvalue weighted by Crippen LogP contribution is -2.47. The number of hydrogen-bond acceptors (Lipinski definition) is 21. The molecule has 6 aromatic rings. The zero-order chi connectivity index (χ0) is 71.4. The lowest BCUT2D eigenvalue weighted by molar-refractivity contribution is -0.158. The second kappa shape index (κ2) is 30.2. The smallest absolute Gasteiger partial charge is 0.338 e. The Labute approximate surface area is 565 Å². The van der Waals surface area contributed by atoms with E-state index >= 15 is 4.79 Å². The van der Waals surface area contributed by atoms with Crippen LogP contribution < -0.4 is 36.3 Å². The maximum atomic E-state index is 15.2. The number of allylic oxidation sites excluding steroid dienone is 3. The monoisotopic (exact) mass is 1370 g/mol. The van der Waals surface area contributed by atoms with Crippen molar-refractivity contribution in [3.8, 4) is 11.5 Å². The number of phenolic OH excluding ortho intramolecular Hbond substituents is 1. The highest BCUT2D eigenvalue weighted by Crippen LogP contribution is 2.44. The molecule has 1 aromatic heterocycles. The van der Waals surface area contributed by atoms with Crippen molar-refractivity contribution < 1.29 is 86.5 Å². The van der Waals surface area contributed by atoms with Gasteiger partial charge in [-0.3, -0.25) is 38.2 Å². The number of ether oxygens (including phenoxy) is 5. The summed E-state index contributed by atoms with van der Waals surface area (Å²) < 4.78 is 48.7. The van der Waals surface area contributed by atoms with Crippen LogP contribution in [0.1, 0.15) is 109 Å². The number of phenols is 1.